The highest BCUT2D eigenvalue weighted by atomic mass is 14.8. The van der Waals surface area contributed by atoms with Crippen LogP contribution in [-0.4, -0.2) is 9.97 Å². The lowest BCUT2D eigenvalue weighted by molar-refractivity contribution is 0.672. The van der Waals surface area contributed by atoms with Crippen molar-refractivity contribution in [3.8, 4) is 44.9 Å². The number of benzene rings is 6. The van der Waals surface area contributed by atoms with Crippen molar-refractivity contribution in [1.29, 1.82) is 0 Å². The SMILES string of the molecule is CC1(C)c2c(cc(-c3ccc(-c4cccc(-c5ccccn5)n4)cc3)c3ccccc23)-c2c1c1ccccc1c1ccccc21. The van der Waals surface area contributed by atoms with Gasteiger partial charge in [-0.25, -0.2) is 4.98 Å². The molecular weight excluding hydrogens is 544 g/mol. The molecule has 0 saturated heterocycles. The van der Waals surface area contributed by atoms with Gasteiger partial charge in [0.25, 0.3) is 0 Å². The highest BCUT2D eigenvalue weighted by Gasteiger charge is 2.40. The molecule has 0 aliphatic heterocycles. The number of hydrogen-bond donors (Lipinski definition) is 0. The second-order valence-electron chi connectivity index (χ2n) is 12.6. The molecule has 45 heavy (non-hydrogen) atoms. The van der Waals surface area contributed by atoms with Crippen molar-refractivity contribution in [2.24, 2.45) is 0 Å². The van der Waals surface area contributed by atoms with Crippen LogP contribution >= 0.6 is 0 Å². The summed E-state index contributed by atoms with van der Waals surface area (Å²) in [7, 11) is 0. The van der Waals surface area contributed by atoms with E-state index in [0.29, 0.717) is 0 Å². The van der Waals surface area contributed by atoms with Crippen LogP contribution in [-0.2, 0) is 5.41 Å². The third kappa shape index (κ3) is 3.82. The Morgan fingerprint density at radius 3 is 1.69 bits per heavy atom. The van der Waals surface area contributed by atoms with E-state index in [-0.39, 0.29) is 5.41 Å². The van der Waals surface area contributed by atoms with Gasteiger partial charge in [-0.15, -0.1) is 0 Å². The summed E-state index contributed by atoms with van der Waals surface area (Å²) in [6, 6.07) is 50.2. The molecule has 0 saturated carbocycles. The van der Waals surface area contributed by atoms with Gasteiger partial charge in [-0.05, 0) is 96.0 Å². The molecule has 1 aliphatic carbocycles. The smallest absolute Gasteiger partial charge is 0.0893 e. The first-order valence-electron chi connectivity index (χ1n) is 15.6. The Morgan fingerprint density at radius 1 is 0.422 bits per heavy atom. The first-order chi connectivity index (χ1) is 22.1. The van der Waals surface area contributed by atoms with E-state index in [9.17, 15) is 0 Å². The van der Waals surface area contributed by atoms with Crippen LogP contribution in [0.4, 0.5) is 0 Å². The van der Waals surface area contributed by atoms with Crippen molar-refractivity contribution in [3.63, 3.8) is 0 Å². The van der Waals surface area contributed by atoms with E-state index in [2.05, 4.69) is 134 Å². The van der Waals surface area contributed by atoms with Crippen molar-refractivity contribution in [2.45, 2.75) is 19.3 Å². The van der Waals surface area contributed by atoms with E-state index in [1.807, 2.05) is 30.5 Å². The van der Waals surface area contributed by atoms with Crippen molar-refractivity contribution in [2.75, 3.05) is 0 Å². The van der Waals surface area contributed by atoms with Crippen molar-refractivity contribution in [3.05, 3.63) is 157 Å². The lowest BCUT2D eigenvalue weighted by Crippen LogP contribution is -2.16. The van der Waals surface area contributed by atoms with Crippen molar-refractivity contribution in [1.82, 2.24) is 9.97 Å². The molecule has 8 aromatic rings. The standard InChI is InChI=1S/C43H30N2/c1-43(2)41-33-16-7-5-14-31(33)35(26-36(41)40-32-15-6-3-12-29(32)30-13-4-8-17-34(30)42(40)43)27-21-23-28(24-22-27)37-19-11-20-39(45-37)38-18-9-10-25-44-38/h3-26H,1-2H3. The van der Waals surface area contributed by atoms with Crippen molar-refractivity contribution >= 4 is 32.3 Å². The zero-order chi connectivity index (χ0) is 30.1. The molecule has 2 aromatic heterocycles. The van der Waals surface area contributed by atoms with Gasteiger partial charge in [0.05, 0.1) is 17.1 Å². The fourth-order valence-corrected chi connectivity index (χ4v) is 7.75. The minimum absolute atomic E-state index is 0.152. The molecule has 0 N–H and O–H groups in total. The molecule has 0 spiro atoms. The normalized spacial score (nSPS) is 13.3. The first-order valence-corrected chi connectivity index (χ1v) is 15.6. The Hall–Kier alpha value is -5.60. The maximum Gasteiger partial charge on any atom is 0.0893 e. The Kier molecular flexibility index (Phi) is 5.58. The topological polar surface area (TPSA) is 25.8 Å². The molecule has 212 valence electrons. The Morgan fingerprint density at radius 2 is 0.978 bits per heavy atom. The molecule has 1 aliphatic rings. The molecule has 2 nitrogen and oxygen atoms in total. The second kappa shape index (κ2) is 9.70. The highest BCUT2D eigenvalue weighted by molar-refractivity contribution is 6.20. The van der Waals surface area contributed by atoms with Crippen LogP contribution in [0.25, 0.3) is 77.2 Å². The van der Waals surface area contributed by atoms with Gasteiger partial charge in [0.2, 0.25) is 0 Å². The molecule has 0 amide bonds. The summed E-state index contributed by atoms with van der Waals surface area (Å²) < 4.78 is 0. The number of nitrogens with zero attached hydrogens (tertiary/aromatic N) is 2. The summed E-state index contributed by atoms with van der Waals surface area (Å²) in [5, 5.41) is 7.93. The molecule has 0 unspecified atom stereocenters. The summed E-state index contributed by atoms with van der Waals surface area (Å²) in [6.45, 7) is 4.82. The molecule has 2 heteroatoms. The fraction of sp³-hybridized carbons (Fsp3) is 0.0698. The molecular formula is C43H30N2. The second-order valence-corrected chi connectivity index (χ2v) is 12.6. The molecule has 0 atom stereocenters. The van der Waals surface area contributed by atoms with Crippen molar-refractivity contribution < 1.29 is 0 Å². The summed E-state index contributed by atoms with van der Waals surface area (Å²) in [5.41, 5.74) is 11.7. The van der Waals surface area contributed by atoms with Gasteiger partial charge in [0.1, 0.15) is 0 Å². The zero-order valence-corrected chi connectivity index (χ0v) is 25.3. The highest BCUT2D eigenvalue weighted by Crippen LogP contribution is 2.57. The van der Waals surface area contributed by atoms with Gasteiger partial charge in [0.15, 0.2) is 0 Å². The van der Waals surface area contributed by atoms with E-state index in [0.717, 1.165) is 22.6 Å². The summed E-state index contributed by atoms with van der Waals surface area (Å²) in [4.78, 5) is 9.44. The summed E-state index contributed by atoms with van der Waals surface area (Å²) in [6.07, 6.45) is 1.81. The number of aromatic nitrogens is 2. The molecule has 0 bridgehead atoms. The molecule has 0 radical (unpaired) electrons. The maximum atomic E-state index is 4.95. The molecule has 9 rings (SSSR count). The number of pyridine rings is 2. The van der Waals surface area contributed by atoms with Crippen LogP contribution in [0.3, 0.4) is 0 Å². The average Bonchev–Trinajstić information content (AvgIpc) is 3.35. The van der Waals surface area contributed by atoms with E-state index < -0.39 is 0 Å². The van der Waals surface area contributed by atoms with Gasteiger partial charge >= 0.3 is 0 Å². The van der Waals surface area contributed by atoms with Gasteiger partial charge < -0.3 is 0 Å². The predicted octanol–water partition coefficient (Wildman–Crippen LogP) is 11.2. The van der Waals surface area contributed by atoms with Crippen LogP contribution in [0.2, 0.25) is 0 Å². The lowest BCUT2D eigenvalue weighted by Gasteiger charge is -2.25. The number of fused-ring (bicyclic) bond motifs is 10. The minimum atomic E-state index is -0.152. The maximum absolute atomic E-state index is 4.95. The molecule has 0 fully saturated rings. The Bertz CT molecular complexity index is 2440. The van der Waals surface area contributed by atoms with Gasteiger partial charge in [0, 0.05) is 17.2 Å². The lowest BCUT2D eigenvalue weighted by atomic mass is 9.77. The minimum Gasteiger partial charge on any atom is -0.255 e. The summed E-state index contributed by atoms with van der Waals surface area (Å²) in [5.74, 6) is 0. The van der Waals surface area contributed by atoms with Crippen LogP contribution in [0, 0.1) is 0 Å². The number of hydrogen-bond acceptors (Lipinski definition) is 2. The van der Waals surface area contributed by atoms with Gasteiger partial charge in [-0.1, -0.05) is 123 Å². The van der Waals surface area contributed by atoms with Gasteiger partial charge in [-0.2, -0.15) is 0 Å². The van der Waals surface area contributed by atoms with E-state index >= 15 is 0 Å². The van der Waals surface area contributed by atoms with Crippen LogP contribution < -0.4 is 0 Å². The monoisotopic (exact) mass is 574 g/mol. The number of rotatable bonds is 3. The third-order valence-corrected chi connectivity index (χ3v) is 9.66. The van der Waals surface area contributed by atoms with Crippen LogP contribution in [0.15, 0.2) is 146 Å². The largest absolute Gasteiger partial charge is 0.255 e. The average molecular weight is 575 g/mol. The predicted molar refractivity (Wildman–Crippen MR) is 188 cm³/mol. The molecule has 6 aromatic carbocycles. The first kappa shape index (κ1) is 25.9. The summed E-state index contributed by atoms with van der Waals surface area (Å²) >= 11 is 0. The zero-order valence-electron chi connectivity index (χ0n) is 25.3. The Labute approximate surface area is 262 Å². The van der Waals surface area contributed by atoms with Crippen LogP contribution in [0.1, 0.15) is 25.0 Å². The van der Waals surface area contributed by atoms with E-state index in [1.165, 1.54) is 65.7 Å². The molecule has 2 heterocycles. The quantitative estimate of drug-likeness (QED) is 0.196. The fourth-order valence-electron chi connectivity index (χ4n) is 7.75. The van der Waals surface area contributed by atoms with Crippen LogP contribution in [0.5, 0.6) is 0 Å². The third-order valence-electron chi connectivity index (χ3n) is 9.66. The Balaban J connectivity index is 1.25. The van der Waals surface area contributed by atoms with E-state index in [1.54, 1.807) is 0 Å². The van der Waals surface area contributed by atoms with E-state index in [4.69, 9.17) is 4.98 Å². The van der Waals surface area contributed by atoms with Gasteiger partial charge in [-0.3, -0.25) is 4.98 Å².